The van der Waals surface area contributed by atoms with Crippen LogP contribution in [0.3, 0.4) is 0 Å². The van der Waals surface area contributed by atoms with E-state index in [0.29, 0.717) is 22.4 Å². The molecule has 74 valence electrons. The molecule has 14 heavy (non-hydrogen) atoms. The molecule has 0 saturated carbocycles. The third-order valence-electron chi connectivity index (χ3n) is 1.60. The predicted molar refractivity (Wildman–Crippen MR) is 56.7 cm³/mol. The van der Waals surface area contributed by atoms with Gasteiger partial charge in [-0.1, -0.05) is 23.2 Å². The molecule has 0 N–H and O–H groups in total. The van der Waals surface area contributed by atoms with Crippen LogP contribution in [0.5, 0.6) is 5.75 Å². The Kier molecular flexibility index (Phi) is 4.06. The van der Waals surface area contributed by atoms with E-state index in [-0.39, 0.29) is 5.92 Å². The Balaban J connectivity index is 2.64. The van der Waals surface area contributed by atoms with Gasteiger partial charge in [0, 0.05) is 5.02 Å². The standard InChI is InChI=1S/C10H9Cl2NO/c1-7(5-13)6-14-10-3-2-8(11)4-9(10)12/h2-4,7H,6H2,1H3. The fourth-order valence-electron chi connectivity index (χ4n) is 0.844. The van der Waals surface area contributed by atoms with E-state index < -0.39 is 0 Å². The van der Waals surface area contributed by atoms with E-state index in [1.165, 1.54) is 0 Å². The van der Waals surface area contributed by atoms with Crippen LogP contribution in [0.4, 0.5) is 0 Å². The molecule has 0 saturated heterocycles. The molecule has 0 aliphatic carbocycles. The highest BCUT2D eigenvalue weighted by Crippen LogP contribution is 2.27. The summed E-state index contributed by atoms with van der Waals surface area (Å²) in [5.74, 6) is 0.403. The molecule has 0 aliphatic heterocycles. The van der Waals surface area contributed by atoms with Crippen molar-refractivity contribution in [2.75, 3.05) is 6.61 Å². The van der Waals surface area contributed by atoms with Crippen molar-refractivity contribution in [2.24, 2.45) is 5.92 Å². The summed E-state index contributed by atoms with van der Waals surface area (Å²) >= 11 is 11.6. The minimum absolute atomic E-state index is 0.151. The molecule has 1 atom stereocenters. The molecule has 0 fully saturated rings. The van der Waals surface area contributed by atoms with Gasteiger partial charge in [0.2, 0.25) is 0 Å². The topological polar surface area (TPSA) is 33.0 Å². The van der Waals surface area contributed by atoms with Gasteiger partial charge in [0.25, 0.3) is 0 Å². The van der Waals surface area contributed by atoms with Crippen LogP contribution in [0.15, 0.2) is 18.2 Å². The molecule has 0 amide bonds. The molecule has 0 radical (unpaired) electrons. The van der Waals surface area contributed by atoms with Crippen molar-refractivity contribution < 1.29 is 4.74 Å². The Labute approximate surface area is 93.0 Å². The van der Waals surface area contributed by atoms with Crippen molar-refractivity contribution in [2.45, 2.75) is 6.92 Å². The lowest BCUT2D eigenvalue weighted by atomic mass is 10.2. The van der Waals surface area contributed by atoms with Gasteiger partial charge in [-0.15, -0.1) is 0 Å². The quantitative estimate of drug-likeness (QED) is 0.795. The molecule has 0 bridgehead atoms. The summed E-state index contributed by atoms with van der Waals surface area (Å²) in [5.41, 5.74) is 0. The number of hydrogen-bond donors (Lipinski definition) is 0. The summed E-state index contributed by atoms with van der Waals surface area (Å²) in [6.45, 7) is 2.11. The summed E-state index contributed by atoms with van der Waals surface area (Å²) < 4.78 is 5.33. The van der Waals surface area contributed by atoms with Crippen LogP contribution in [-0.4, -0.2) is 6.61 Å². The predicted octanol–water partition coefficient (Wildman–Crippen LogP) is 3.53. The molecule has 0 aromatic heterocycles. The highest BCUT2D eigenvalue weighted by Gasteiger charge is 2.04. The first-order valence-corrected chi connectivity index (χ1v) is 4.86. The monoisotopic (exact) mass is 229 g/mol. The molecular weight excluding hydrogens is 221 g/mol. The minimum atomic E-state index is -0.151. The van der Waals surface area contributed by atoms with Crippen LogP contribution in [0.25, 0.3) is 0 Å². The number of halogens is 2. The lowest BCUT2D eigenvalue weighted by Gasteiger charge is -2.08. The van der Waals surface area contributed by atoms with Crippen LogP contribution in [-0.2, 0) is 0 Å². The Morgan fingerprint density at radius 1 is 1.50 bits per heavy atom. The SMILES string of the molecule is CC(C#N)COc1ccc(Cl)cc1Cl. The van der Waals surface area contributed by atoms with E-state index in [9.17, 15) is 0 Å². The molecular formula is C10H9Cl2NO. The summed E-state index contributed by atoms with van der Waals surface area (Å²) in [6, 6.07) is 7.06. The van der Waals surface area contributed by atoms with Gasteiger partial charge < -0.3 is 4.74 Å². The summed E-state index contributed by atoms with van der Waals surface area (Å²) in [5, 5.41) is 9.57. The van der Waals surface area contributed by atoms with E-state index in [4.69, 9.17) is 33.2 Å². The normalized spacial score (nSPS) is 11.9. The van der Waals surface area contributed by atoms with Gasteiger partial charge in [0.15, 0.2) is 0 Å². The smallest absolute Gasteiger partial charge is 0.138 e. The first kappa shape index (κ1) is 11.2. The maximum Gasteiger partial charge on any atom is 0.138 e. The number of hydrogen-bond acceptors (Lipinski definition) is 2. The lowest BCUT2D eigenvalue weighted by Crippen LogP contribution is -2.06. The van der Waals surface area contributed by atoms with Crippen LogP contribution in [0.1, 0.15) is 6.92 Å². The third kappa shape index (κ3) is 3.10. The molecule has 4 heteroatoms. The summed E-state index contributed by atoms with van der Waals surface area (Å²) in [4.78, 5) is 0. The van der Waals surface area contributed by atoms with Gasteiger partial charge in [0.1, 0.15) is 12.4 Å². The van der Waals surface area contributed by atoms with Crippen LogP contribution in [0.2, 0.25) is 10.0 Å². The maximum atomic E-state index is 8.54. The third-order valence-corrected chi connectivity index (χ3v) is 2.13. The van der Waals surface area contributed by atoms with Gasteiger partial charge in [-0.25, -0.2) is 0 Å². The van der Waals surface area contributed by atoms with Crippen LogP contribution >= 0.6 is 23.2 Å². The zero-order valence-electron chi connectivity index (χ0n) is 7.63. The van der Waals surface area contributed by atoms with Crippen LogP contribution < -0.4 is 4.74 Å². The average Bonchev–Trinajstić information content (AvgIpc) is 2.16. The molecule has 0 heterocycles. The maximum absolute atomic E-state index is 8.54. The van der Waals surface area contributed by atoms with E-state index in [0.717, 1.165) is 0 Å². The van der Waals surface area contributed by atoms with Crippen molar-refractivity contribution in [3.8, 4) is 11.8 Å². The fraction of sp³-hybridized carbons (Fsp3) is 0.300. The number of benzene rings is 1. The van der Waals surface area contributed by atoms with Crippen molar-refractivity contribution in [3.05, 3.63) is 28.2 Å². The second-order valence-electron chi connectivity index (χ2n) is 2.92. The van der Waals surface area contributed by atoms with Crippen LogP contribution in [0, 0.1) is 17.2 Å². The second kappa shape index (κ2) is 5.09. The van der Waals surface area contributed by atoms with Crippen molar-refractivity contribution >= 4 is 23.2 Å². The van der Waals surface area contributed by atoms with Crippen molar-refractivity contribution in [1.29, 1.82) is 5.26 Å². The Bertz CT molecular complexity index is 360. The molecule has 1 unspecified atom stereocenters. The molecule has 2 nitrogen and oxygen atoms in total. The number of ether oxygens (including phenoxy) is 1. The van der Waals surface area contributed by atoms with Gasteiger partial charge >= 0.3 is 0 Å². The zero-order valence-corrected chi connectivity index (χ0v) is 9.14. The molecule has 1 aromatic carbocycles. The first-order chi connectivity index (χ1) is 6.63. The first-order valence-electron chi connectivity index (χ1n) is 4.11. The largest absolute Gasteiger partial charge is 0.491 e. The van der Waals surface area contributed by atoms with E-state index >= 15 is 0 Å². The average molecular weight is 230 g/mol. The number of rotatable bonds is 3. The number of nitrogens with zero attached hydrogens (tertiary/aromatic N) is 1. The Morgan fingerprint density at radius 3 is 2.79 bits per heavy atom. The lowest BCUT2D eigenvalue weighted by molar-refractivity contribution is 0.288. The van der Waals surface area contributed by atoms with Gasteiger partial charge in [-0.2, -0.15) is 5.26 Å². The summed E-state index contributed by atoms with van der Waals surface area (Å²) in [6.07, 6.45) is 0. The van der Waals surface area contributed by atoms with Gasteiger partial charge in [-0.3, -0.25) is 0 Å². The second-order valence-corrected chi connectivity index (χ2v) is 3.76. The van der Waals surface area contributed by atoms with Crippen molar-refractivity contribution in [1.82, 2.24) is 0 Å². The zero-order chi connectivity index (χ0) is 10.6. The minimum Gasteiger partial charge on any atom is -0.491 e. The summed E-state index contributed by atoms with van der Waals surface area (Å²) in [7, 11) is 0. The Hall–Kier alpha value is -0.910. The highest BCUT2D eigenvalue weighted by atomic mass is 35.5. The highest BCUT2D eigenvalue weighted by molar-refractivity contribution is 6.35. The van der Waals surface area contributed by atoms with Gasteiger partial charge in [-0.05, 0) is 25.1 Å². The molecule has 1 aromatic rings. The molecule has 0 aliphatic rings. The molecule has 0 spiro atoms. The number of nitriles is 1. The van der Waals surface area contributed by atoms with E-state index in [1.54, 1.807) is 25.1 Å². The van der Waals surface area contributed by atoms with Crippen molar-refractivity contribution in [3.63, 3.8) is 0 Å². The van der Waals surface area contributed by atoms with Gasteiger partial charge in [0.05, 0.1) is 17.0 Å². The van der Waals surface area contributed by atoms with E-state index in [1.807, 2.05) is 0 Å². The fourth-order valence-corrected chi connectivity index (χ4v) is 1.31. The molecule has 1 rings (SSSR count). The van der Waals surface area contributed by atoms with E-state index in [2.05, 4.69) is 6.07 Å². The Morgan fingerprint density at radius 2 is 2.21 bits per heavy atom.